The Labute approximate surface area is 86.6 Å². The van der Waals surface area contributed by atoms with E-state index in [4.69, 9.17) is 10.00 Å². The molecule has 0 radical (unpaired) electrons. The number of nitriles is 1. The van der Waals surface area contributed by atoms with Gasteiger partial charge in [-0.1, -0.05) is 0 Å². The number of ether oxygens (including phenoxy) is 1. The summed E-state index contributed by atoms with van der Waals surface area (Å²) in [6, 6.07) is 2.76. The van der Waals surface area contributed by atoms with Gasteiger partial charge in [0.25, 0.3) is 0 Å². The summed E-state index contributed by atoms with van der Waals surface area (Å²) in [5, 5.41) is 8.40. The van der Waals surface area contributed by atoms with Crippen LogP contribution in [-0.4, -0.2) is 37.2 Å². The second kappa shape index (κ2) is 6.00. The van der Waals surface area contributed by atoms with Crippen LogP contribution in [0, 0.1) is 11.3 Å². The van der Waals surface area contributed by atoms with Crippen LogP contribution in [0.2, 0.25) is 0 Å². The molecular weight excluding hydrogens is 176 g/mol. The quantitative estimate of drug-likeness (QED) is 0.629. The van der Waals surface area contributed by atoms with E-state index in [2.05, 4.69) is 24.9 Å². The van der Waals surface area contributed by atoms with Crippen LogP contribution in [0.3, 0.4) is 0 Å². The van der Waals surface area contributed by atoms with Crippen molar-refractivity contribution in [2.45, 2.75) is 44.8 Å². The van der Waals surface area contributed by atoms with Crippen molar-refractivity contribution >= 4 is 0 Å². The lowest BCUT2D eigenvalue weighted by Gasteiger charge is -2.26. The Bertz CT molecular complexity index is 200. The summed E-state index contributed by atoms with van der Waals surface area (Å²) in [7, 11) is 2.15. The first-order valence-electron chi connectivity index (χ1n) is 5.44. The highest BCUT2D eigenvalue weighted by Gasteiger charge is 2.27. The van der Waals surface area contributed by atoms with Crippen molar-refractivity contribution in [2.24, 2.45) is 0 Å². The fraction of sp³-hybridized carbons (Fsp3) is 0.909. The lowest BCUT2D eigenvalue weighted by Crippen LogP contribution is -2.37. The first-order valence-corrected chi connectivity index (χ1v) is 5.44. The summed E-state index contributed by atoms with van der Waals surface area (Å²) >= 11 is 0. The third-order valence-corrected chi connectivity index (χ3v) is 2.95. The molecular formula is C11H20N2O. The van der Waals surface area contributed by atoms with Crippen LogP contribution in [0.5, 0.6) is 0 Å². The van der Waals surface area contributed by atoms with Gasteiger partial charge >= 0.3 is 0 Å². The summed E-state index contributed by atoms with van der Waals surface area (Å²) in [5.74, 6) is 0. The molecule has 0 aliphatic carbocycles. The van der Waals surface area contributed by atoms with E-state index < -0.39 is 0 Å². The predicted molar refractivity (Wildman–Crippen MR) is 55.9 cm³/mol. The molecule has 80 valence electrons. The molecule has 1 aliphatic rings. The van der Waals surface area contributed by atoms with Crippen molar-refractivity contribution in [3.63, 3.8) is 0 Å². The van der Waals surface area contributed by atoms with E-state index in [1.165, 1.54) is 0 Å². The number of hydrogen-bond acceptors (Lipinski definition) is 3. The van der Waals surface area contributed by atoms with Crippen molar-refractivity contribution in [2.75, 3.05) is 20.2 Å². The first kappa shape index (κ1) is 11.5. The van der Waals surface area contributed by atoms with E-state index in [0.29, 0.717) is 18.6 Å². The molecule has 1 rings (SSSR count). The topological polar surface area (TPSA) is 36.3 Å². The van der Waals surface area contributed by atoms with Crippen LogP contribution in [0.4, 0.5) is 0 Å². The Kier molecular flexibility index (Phi) is 4.92. The maximum absolute atomic E-state index is 8.40. The lowest BCUT2D eigenvalue weighted by molar-refractivity contribution is 0.0832. The second-order valence-corrected chi connectivity index (χ2v) is 4.03. The second-order valence-electron chi connectivity index (χ2n) is 4.03. The largest absolute Gasteiger partial charge is 0.377 e. The molecule has 2 atom stereocenters. The van der Waals surface area contributed by atoms with Gasteiger partial charge in [0.2, 0.25) is 0 Å². The molecule has 0 aromatic heterocycles. The molecule has 1 saturated heterocycles. The van der Waals surface area contributed by atoms with E-state index in [1.807, 2.05) is 0 Å². The summed E-state index contributed by atoms with van der Waals surface area (Å²) in [4.78, 5) is 2.37. The zero-order valence-corrected chi connectivity index (χ0v) is 9.20. The molecule has 14 heavy (non-hydrogen) atoms. The van der Waals surface area contributed by atoms with Gasteiger partial charge in [-0.3, -0.25) is 0 Å². The summed E-state index contributed by atoms with van der Waals surface area (Å²) in [6.45, 7) is 4.12. The average Bonchev–Trinajstić information content (AvgIpc) is 2.59. The normalized spacial score (nSPS) is 26.7. The van der Waals surface area contributed by atoms with Gasteiger partial charge in [0.15, 0.2) is 0 Å². The van der Waals surface area contributed by atoms with Crippen molar-refractivity contribution in [3.8, 4) is 6.07 Å². The predicted octanol–water partition coefficient (Wildman–Crippen LogP) is 1.79. The van der Waals surface area contributed by atoms with Gasteiger partial charge < -0.3 is 9.64 Å². The van der Waals surface area contributed by atoms with Gasteiger partial charge in [0, 0.05) is 19.1 Å². The van der Waals surface area contributed by atoms with Crippen LogP contribution in [0.1, 0.15) is 32.6 Å². The Morgan fingerprint density at radius 1 is 1.50 bits per heavy atom. The van der Waals surface area contributed by atoms with Gasteiger partial charge in [-0.2, -0.15) is 5.26 Å². The number of nitrogens with zero attached hydrogens (tertiary/aromatic N) is 2. The molecule has 1 aliphatic heterocycles. The molecule has 1 heterocycles. The standard InChI is InChI=1S/C11H20N2O/c1-10-11(6-9-14-10)13(2)8-5-3-4-7-12/h10-11H,3-6,8-9H2,1-2H3. The minimum Gasteiger partial charge on any atom is -0.377 e. The molecule has 1 fully saturated rings. The lowest BCUT2D eigenvalue weighted by atomic mass is 10.1. The Morgan fingerprint density at radius 2 is 2.29 bits per heavy atom. The molecule has 0 aromatic rings. The number of likely N-dealkylation sites (N-methyl/N-ethyl adjacent to an activating group) is 1. The summed E-state index contributed by atoms with van der Waals surface area (Å²) < 4.78 is 5.52. The van der Waals surface area contributed by atoms with Gasteiger partial charge in [-0.25, -0.2) is 0 Å². The fourth-order valence-electron chi connectivity index (χ4n) is 2.03. The van der Waals surface area contributed by atoms with Gasteiger partial charge in [0.05, 0.1) is 12.2 Å². The monoisotopic (exact) mass is 196 g/mol. The molecule has 3 heteroatoms. The van der Waals surface area contributed by atoms with E-state index in [0.717, 1.165) is 32.4 Å². The Balaban J connectivity index is 2.14. The maximum atomic E-state index is 8.40. The van der Waals surface area contributed by atoms with E-state index in [1.54, 1.807) is 0 Å². The highest BCUT2D eigenvalue weighted by atomic mass is 16.5. The van der Waals surface area contributed by atoms with Gasteiger partial charge in [-0.15, -0.1) is 0 Å². The minimum absolute atomic E-state index is 0.371. The minimum atomic E-state index is 0.371. The molecule has 0 saturated carbocycles. The van der Waals surface area contributed by atoms with Crippen molar-refractivity contribution in [1.29, 1.82) is 5.26 Å². The van der Waals surface area contributed by atoms with Crippen molar-refractivity contribution < 1.29 is 4.74 Å². The van der Waals surface area contributed by atoms with Crippen LogP contribution in [-0.2, 0) is 4.74 Å². The fourth-order valence-corrected chi connectivity index (χ4v) is 2.03. The van der Waals surface area contributed by atoms with E-state index in [9.17, 15) is 0 Å². The first-order chi connectivity index (χ1) is 6.75. The zero-order valence-electron chi connectivity index (χ0n) is 9.20. The van der Waals surface area contributed by atoms with Crippen molar-refractivity contribution in [1.82, 2.24) is 4.90 Å². The zero-order chi connectivity index (χ0) is 10.4. The van der Waals surface area contributed by atoms with E-state index in [-0.39, 0.29) is 0 Å². The number of hydrogen-bond donors (Lipinski definition) is 0. The summed E-state index contributed by atoms with van der Waals surface area (Å²) in [6.07, 6.45) is 4.34. The van der Waals surface area contributed by atoms with Gasteiger partial charge in [-0.05, 0) is 39.8 Å². The van der Waals surface area contributed by atoms with Crippen LogP contribution in [0.15, 0.2) is 0 Å². The Morgan fingerprint density at radius 3 is 2.86 bits per heavy atom. The number of rotatable bonds is 5. The molecule has 0 amide bonds. The highest BCUT2D eigenvalue weighted by molar-refractivity contribution is 4.80. The smallest absolute Gasteiger partial charge is 0.0702 e. The average molecular weight is 196 g/mol. The third kappa shape index (κ3) is 3.28. The maximum Gasteiger partial charge on any atom is 0.0702 e. The molecule has 2 unspecified atom stereocenters. The van der Waals surface area contributed by atoms with Crippen LogP contribution >= 0.6 is 0 Å². The molecule has 0 N–H and O–H groups in total. The van der Waals surface area contributed by atoms with Gasteiger partial charge in [0.1, 0.15) is 0 Å². The highest BCUT2D eigenvalue weighted by Crippen LogP contribution is 2.18. The SMILES string of the molecule is CC1OCCC1N(C)CCCCC#N. The van der Waals surface area contributed by atoms with Crippen LogP contribution in [0.25, 0.3) is 0 Å². The van der Waals surface area contributed by atoms with E-state index >= 15 is 0 Å². The molecule has 0 spiro atoms. The van der Waals surface area contributed by atoms with Crippen molar-refractivity contribution in [3.05, 3.63) is 0 Å². The third-order valence-electron chi connectivity index (χ3n) is 2.95. The molecule has 0 bridgehead atoms. The summed E-state index contributed by atoms with van der Waals surface area (Å²) in [5.41, 5.74) is 0. The number of unbranched alkanes of at least 4 members (excludes halogenated alkanes) is 2. The van der Waals surface area contributed by atoms with Crippen LogP contribution < -0.4 is 0 Å². The Hall–Kier alpha value is -0.590. The molecule has 3 nitrogen and oxygen atoms in total. The molecule has 0 aromatic carbocycles.